The standard InChI is InChI=1S/C19H22FN3O2/c1-3-23(12-15-6-4-7-16(20)10-15)13-19(25)22-18-9-5-8-17(11-18)21-14(2)24/h4-11H,3,12-13H2,1-2H3,(H,21,24)(H,22,25). The van der Waals surface area contributed by atoms with Gasteiger partial charge in [-0.25, -0.2) is 4.39 Å². The van der Waals surface area contributed by atoms with Crippen LogP contribution in [0.1, 0.15) is 19.4 Å². The van der Waals surface area contributed by atoms with Gasteiger partial charge in [-0.2, -0.15) is 0 Å². The monoisotopic (exact) mass is 343 g/mol. The fourth-order valence-electron chi connectivity index (χ4n) is 2.45. The van der Waals surface area contributed by atoms with Crippen molar-refractivity contribution >= 4 is 23.2 Å². The molecule has 0 spiro atoms. The van der Waals surface area contributed by atoms with Crippen LogP contribution in [-0.4, -0.2) is 29.8 Å². The second-order valence-electron chi connectivity index (χ2n) is 5.74. The third-order valence-electron chi connectivity index (χ3n) is 3.58. The van der Waals surface area contributed by atoms with Gasteiger partial charge in [0.2, 0.25) is 11.8 Å². The van der Waals surface area contributed by atoms with E-state index in [1.807, 2.05) is 17.9 Å². The van der Waals surface area contributed by atoms with Crippen LogP contribution in [0.3, 0.4) is 0 Å². The first-order valence-electron chi connectivity index (χ1n) is 8.10. The number of anilines is 2. The van der Waals surface area contributed by atoms with Crippen LogP contribution in [0.15, 0.2) is 48.5 Å². The molecule has 2 amide bonds. The van der Waals surface area contributed by atoms with Gasteiger partial charge in [0.15, 0.2) is 0 Å². The van der Waals surface area contributed by atoms with Gasteiger partial charge in [0, 0.05) is 24.8 Å². The number of carbonyl (C=O) groups is 2. The third-order valence-corrected chi connectivity index (χ3v) is 3.58. The van der Waals surface area contributed by atoms with E-state index in [1.54, 1.807) is 30.3 Å². The van der Waals surface area contributed by atoms with E-state index in [1.165, 1.54) is 19.1 Å². The average molecular weight is 343 g/mol. The van der Waals surface area contributed by atoms with Crippen molar-refractivity contribution in [2.45, 2.75) is 20.4 Å². The van der Waals surface area contributed by atoms with Gasteiger partial charge >= 0.3 is 0 Å². The summed E-state index contributed by atoms with van der Waals surface area (Å²) >= 11 is 0. The first kappa shape index (κ1) is 18.6. The van der Waals surface area contributed by atoms with E-state index in [9.17, 15) is 14.0 Å². The molecule has 0 aliphatic carbocycles. The van der Waals surface area contributed by atoms with Crippen molar-refractivity contribution in [3.05, 3.63) is 59.9 Å². The average Bonchev–Trinajstić information content (AvgIpc) is 2.54. The van der Waals surface area contributed by atoms with Gasteiger partial charge in [0.25, 0.3) is 0 Å². The van der Waals surface area contributed by atoms with Crippen molar-refractivity contribution in [1.29, 1.82) is 0 Å². The van der Waals surface area contributed by atoms with Crippen LogP contribution in [0.2, 0.25) is 0 Å². The van der Waals surface area contributed by atoms with Crippen LogP contribution in [0.25, 0.3) is 0 Å². The Labute approximate surface area is 146 Å². The van der Waals surface area contributed by atoms with Gasteiger partial charge in [-0.15, -0.1) is 0 Å². The van der Waals surface area contributed by atoms with E-state index < -0.39 is 0 Å². The molecule has 25 heavy (non-hydrogen) atoms. The van der Waals surface area contributed by atoms with Crippen molar-refractivity contribution in [3.63, 3.8) is 0 Å². The normalized spacial score (nSPS) is 10.6. The lowest BCUT2D eigenvalue weighted by atomic mass is 10.2. The zero-order chi connectivity index (χ0) is 18.2. The van der Waals surface area contributed by atoms with Crippen molar-refractivity contribution in [3.8, 4) is 0 Å². The molecule has 2 aromatic carbocycles. The second-order valence-corrected chi connectivity index (χ2v) is 5.74. The highest BCUT2D eigenvalue weighted by Crippen LogP contribution is 2.15. The largest absolute Gasteiger partial charge is 0.326 e. The molecular weight excluding hydrogens is 321 g/mol. The number of benzene rings is 2. The molecule has 0 aliphatic heterocycles. The first-order valence-corrected chi connectivity index (χ1v) is 8.10. The SMILES string of the molecule is CCN(CC(=O)Nc1cccc(NC(C)=O)c1)Cc1cccc(F)c1. The number of carbonyl (C=O) groups excluding carboxylic acids is 2. The van der Waals surface area contributed by atoms with Crippen molar-refractivity contribution in [2.24, 2.45) is 0 Å². The Balaban J connectivity index is 1.94. The lowest BCUT2D eigenvalue weighted by Crippen LogP contribution is -2.32. The molecule has 0 heterocycles. The summed E-state index contributed by atoms with van der Waals surface area (Å²) in [7, 11) is 0. The molecule has 132 valence electrons. The first-order chi connectivity index (χ1) is 12.0. The number of nitrogens with zero attached hydrogens (tertiary/aromatic N) is 1. The molecule has 2 N–H and O–H groups in total. The molecule has 0 unspecified atom stereocenters. The zero-order valence-electron chi connectivity index (χ0n) is 14.4. The third kappa shape index (κ3) is 6.35. The maximum absolute atomic E-state index is 13.3. The molecule has 0 aliphatic rings. The second kappa shape index (κ2) is 8.94. The van der Waals surface area contributed by atoms with Gasteiger partial charge in [-0.3, -0.25) is 14.5 Å². The maximum atomic E-state index is 13.3. The molecule has 0 saturated heterocycles. The minimum absolute atomic E-state index is 0.168. The Morgan fingerprint density at radius 2 is 1.72 bits per heavy atom. The number of nitrogens with one attached hydrogen (secondary N) is 2. The Morgan fingerprint density at radius 3 is 2.36 bits per heavy atom. The summed E-state index contributed by atoms with van der Waals surface area (Å²) in [5.41, 5.74) is 2.05. The molecule has 2 rings (SSSR count). The Hall–Kier alpha value is -2.73. The lowest BCUT2D eigenvalue weighted by Gasteiger charge is -2.20. The van der Waals surface area contributed by atoms with E-state index >= 15 is 0 Å². The van der Waals surface area contributed by atoms with Gasteiger partial charge in [-0.1, -0.05) is 25.1 Å². The highest BCUT2D eigenvalue weighted by Gasteiger charge is 2.11. The molecule has 0 radical (unpaired) electrons. The number of halogens is 1. The summed E-state index contributed by atoms with van der Waals surface area (Å²) in [6.45, 7) is 4.72. The molecule has 5 nitrogen and oxygen atoms in total. The Bertz CT molecular complexity index is 749. The van der Waals surface area contributed by atoms with E-state index in [0.29, 0.717) is 24.5 Å². The van der Waals surface area contributed by atoms with Crippen LogP contribution in [0, 0.1) is 5.82 Å². The van der Waals surface area contributed by atoms with Crippen molar-refractivity contribution in [1.82, 2.24) is 4.90 Å². The summed E-state index contributed by atoms with van der Waals surface area (Å²) in [6, 6.07) is 13.3. The summed E-state index contributed by atoms with van der Waals surface area (Å²) in [6.07, 6.45) is 0. The number of hydrogen-bond acceptors (Lipinski definition) is 3. The number of likely N-dealkylation sites (N-methyl/N-ethyl adjacent to an activating group) is 1. The van der Waals surface area contributed by atoms with Crippen molar-refractivity contribution < 1.29 is 14.0 Å². The molecular formula is C19H22FN3O2. The van der Waals surface area contributed by atoms with Crippen LogP contribution < -0.4 is 10.6 Å². The Morgan fingerprint density at radius 1 is 1.04 bits per heavy atom. The van der Waals surface area contributed by atoms with Crippen LogP contribution in [0.5, 0.6) is 0 Å². The van der Waals surface area contributed by atoms with Gasteiger partial charge < -0.3 is 10.6 Å². The smallest absolute Gasteiger partial charge is 0.238 e. The lowest BCUT2D eigenvalue weighted by molar-refractivity contribution is -0.117. The number of hydrogen-bond donors (Lipinski definition) is 2. The van der Waals surface area contributed by atoms with E-state index in [0.717, 1.165) is 5.56 Å². The Kier molecular flexibility index (Phi) is 6.65. The maximum Gasteiger partial charge on any atom is 0.238 e. The minimum Gasteiger partial charge on any atom is -0.326 e. The van der Waals surface area contributed by atoms with Crippen LogP contribution in [-0.2, 0) is 16.1 Å². The summed E-state index contributed by atoms with van der Waals surface area (Å²) < 4.78 is 13.3. The van der Waals surface area contributed by atoms with E-state index in [2.05, 4.69) is 10.6 Å². The minimum atomic E-state index is -0.284. The molecule has 2 aromatic rings. The van der Waals surface area contributed by atoms with Crippen LogP contribution >= 0.6 is 0 Å². The van der Waals surface area contributed by atoms with Gasteiger partial charge in [0.1, 0.15) is 5.82 Å². The highest BCUT2D eigenvalue weighted by atomic mass is 19.1. The summed E-state index contributed by atoms with van der Waals surface area (Å²) in [4.78, 5) is 25.3. The summed E-state index contributed by atoms with van der Waals surface area (Å²) in [5.74, 6) is -0.623. The predicted molar refractivity (Wildman–Crippen MR) is 96.7 cm³/mol. The van der Waals surface area contributed by atoms with E-state index in [-0.39, 0.29) is 24.2 Å². The van der Waals surface area contributed by atoms with Crippen LogP contribution in [0.4, 0.5) is 15.8 Å². The molecule has 0 fully saturated rings. The molecule has 6 heteroatoms. The number of rotatable bonds is 7. The zero-order valence-corrected chi connectivity index (χ0v) is 14.4. The van der Waals surface area contributed by atoms with Gasteiger partial charge in [0.05, 0.1) is 6.54 Å². The molecule has 0 bridgehead atoms. The van der Waals surface area contributed by atoms with Crippen molar-refractivity contribution in [2.75, 3.05) is 23.7 Å². The molecule has 0 aromatic heterocycles. The van der Waals surface area contributed by atoms with E-state index in [4.69, 9.17) is 0 Å². The molecule has 0 saturated carbocycles. The fraction of sp³-hybridized carbons (Fsp3) is 0.263. The highest BCUT2D eigenvalue weighted by molar-refractivity contribution is 5.94. The topological polar surface area (TPSA) is 61.4 Å². The van der Waals surface area contributed by atoms with Gasteiger partial charge in [-0.05, 0) is 42.4 Å². The summed E-state index contributed by atoms with van der Waals surface area (Å²) in [5, 5.41) is 5.48. The predicted octanol–water partition coefficient (Wildman–Crippen LogP) is 3.24. The molecule has 0 atom stereocenters. The fourth-order valence-corrected chi connectivity index (χ4v) is 2.45. The quantitative estimate of drug-likeness (QED) is 0.811. The number of amides is 2.